The molecular formula is C19H18ClN3O. The zero-order valence-electron chi connectivity index (χ0n) is 13.5. The molecule has 0 fully saturated rings. The molecule has 0 unspecified atom stereocenters. The molecule has 0 bridgehead atoms. The van der Waals surface area contributed by atoms with Gasteiger partial charge in [0.1, 0.15) is 5.82 Å². The number of hydrogen-bond acceptors (Lipinski definition) is 3. The van der Waals surface area contributed by atoms with Gasteiger partial charge in [0, 0.05) is 18.0 Å². The summed E-state index contributed by atoms with van der Waals surface area (Å²) in [6, 6.07) is 14.2. The molecule has 4 rings (SSSR count). The predicted octanol–water partition coefficient (Wildman–Crippen LogP) is 4.08. The monoisotopic (exact) mass is 339 g/mol. The molecule has 0 amide bonds. The van der Waals surface area contributed by atoms with Crippen LogP contribution in [0.4, 0.5) is 0 Å². The van der Waals surface area contributed by atoms with Gasteiger partial charge in [-0.15, -0.1) is 0 Å². The molecule has 3 aromatic rings. The summed E-state index contributed by atoms with van der Waals surface area (Å²) >= 11 is 6.31. The van der Waals surface area contributed by atoms with Crippen LogP contribution in [0.3, 0.4) is 0 Å². The van der Waals surface area contributed by atoms with Crippen LogP contribution >= 0.6 is 11.6 Å². The summed E-state index contributed by atoms with van der Waals surface area (Å²) in [5.74, 6) is 1.70. The summed E-state index contributed by atoms with van der Waals surface area (Å²) < 4.78 is 8.00. The highest BCUT2D eigenvalue weighted by molar-refractivity contribution is 6.32. The minimum absolute atomic E-state index is 0.581. The Morgan fingerprint density at radius 2 is 2.04 bits per heavy atom. The van der Waals surface area contributed by atoms with E-state index < -0.39 is 0 Å². The molecule has 24 heavy (non-hydrogen) atoms. The van der Waals surface area contributed by atoms with E-state index in [1.165, 1.54) is 5.56 Å². The highest BCUT2D eigenvalue weighted by Crippen LogP contribution is 2.28. The lowest BCUT2D eigenvalue weighted by Crippen LogP contribution is -2.07. The second kappa shape index (κ2) is 6.29. The van der Waals surface area contributed by atoms with Crippen molar-refractivity contribution in [2.24, 2.45) is 4.99 Å². The minimum atomic E-state index is 0.581. The maximum atomic E-state index is 6.31. The summed E-state index contributed by atoms with van der Waals surface area (Å²) in [6.45, 7) is 4.02. The highest BCUT2D eigenvalue weighted by atomic mass is 35.5. The van der Waals surface area contributed by atoms with E-state index in [-0.39, 0.29) is 0 Å². The van der Waals surface area contributed by atoms with Gasteiger partial charge in [0.15, 0.2) is 0 Å². The SMILES string of the molecule is CCOC1=NCCn2c(Cc3ccccc3)nc3cc(Cl)cc1c32. The van der Waals surface area contributed by atoms with E-state index in [4.69, 9.17) is 21.3 Å². The van der Waals surface area contributed by atoms with Crippen LogP contribution in [-0.2, 0) is 17.7 Å². The number of ether oxygens (including phenoxy) is 1. The first-order valence-electron chi connectivity index (χ1n) is 8.16. The minimum Gasteiger partial charge on any atom is -0.478 e. The third-order valence-corrected chi connectivity index (χ3v) is 4.40. The average Bonchev–Trinajstić information content (AvgIpc) is 2.80. The Kier molecular flexibility index (Phi) is 3.98. The Balaban J connectivity index is 1.88. The molecule has 0 saturated heterocycles. The molecule has 0 atom stereocenters. The number of rotatable bonds is 3. The number of imidazole rings is 1. The third kappa shape index (κ3) is 2.67. The van der Waals surface area contributed by atoms with Crippen LogP contribution in [-0.4, -0.2) is 28.6 Å². The Labute approximate surface area is 145 Å². The van der Waals surface area contributed by atoms with Crippen molar-refractivity contribution < 1.29 is 4.74 Å². The number of halogens is 1. The van der Waals surface area contributed by atoms with Crippen LogP contribution < -0.4 is 0 Å². The van der Waals surface area contributed by atoms with Crippen LogP contribution in [0.25, 0.3) is 11.0 Å². The lowest BCUT2D eigenvalue weighted by atomic mass is 10.1. The Bertz CT molecular complexity index is 915. The predicted molar refractivity (Wildman–Crippen MR) is 97.0 cm³/mol. The molecule has 122 valence electrons. The summed E-state index contributed by atoms with van der Waals surface area (Å²) in [5.41, 5.74) is 4.14. The summed E-state index contributed by atoms with van der Waals surface area (Å²) in [5, 5.41) is 0.655. The number of hydrogen-bond donors (Lipinski definition) is 0. The van der Waals surface area contributed by atoms with Gasteiger partial charge in [0.25, 0.3) is 0 Å². The molecule has 1 aliphatic heterocycles. The van der Waals surface area contributed by atoms with Crippen molar-refractivity contribution in [3.63, 3.8) is 0 Å². The van der Waals surface area contributed by atoms with Crippen molar-refractivity contribution in [2.45, 2.75) is 19.9 Å². The van der Waals surface area contributed by atoms with Crippen LogP contribution in [0.15, 0.2) is 47.5 Å². The van der Waals surface area contributed by atoms with Crippen molar-refractivity contribution in [2.75, 3.05) is 13.2 Å². The second-order valence-electron chi connectivity index (χ2n) is 5.78. The van der Waals surface area contributed by atoms with Crippen LogP contribution in [0.5, 0.6) is 0 Å². The molecule has 0 saturated carbocycles. The number of aromatic nitrogens is 2. The molecule has 2 aromatic carbocycles. The Morgan fingerprint density at radius 1 is 1.21 bits per heavy atom. The van der Waals surface area contributed by atoms with E-state index in [1.54, 1.807) is 0 Å². The molecule has 0 radical (unpaired) electrons. The fraction of sp³-hybridized carbons (Fsp3) is 0.263. The first-order valence-corrected chi connectivity index (χ1v) is 8.54. The molecule has 0 spiro atoms. The molecule has 2 heterocycles. The van der Waals surface area contributed by atoms with Crippen molar-refractivity contribution in [3.05, 3.63) is 64.4 Å². The van der Waals surface area contributed by atoms with E-state index in [9.17, 15) is 0 Å². The van der Waals surface area contributed by atoms with Crippen molar-refractivity contribution >= 4 is 28.5 Å². The first-order chi connectivity index (χ1) is 11.8. The molecule has 0 N–H and O–H groups in total. The molecule has 1 aromatic heterocycles. The maximum Gasteiger partial charge on any atom is 0.218 e. The summed E-state index contributed by atoms with van der Waals surface area (Å²) in [6.07, 6.45) is 0.788. The van der Waals surface area contributed by atoms with Crippen LogP contribution in [0.1, 0.15) is 23.9 Å². The number of nitrogens with zero attached hydrogens (tertiary/aromatic N) is 3. The topological polar surface area (TPSA) is 39.4 Å². The molecular weight excluding hydrogens is 322 g/mol. The zero-order valence-corrected chi connectivity index (χ0v) is 14.3. The zero-order chi connectivity index (χ0) is 16.5. The second-order valence-corrected chi connectivity index (χ2v) is 6.22. The average molecular weight is 340 g/mol. The maximum absolute atomic E-state index is 6.31. The highest BCUT2D eigenvalue weighted by Gasteiger charge is 2.21. The number of aliphatic imine (C=N–C) groups is 1. The largest absolute Gasteiger partial charge is 0.478 e. The Morgan fingerprint density at radius 3 is 2.83 bits per heavy atom. The Hall–Kier alpha value is -2.33. The normalized spacial score (nSPS) is 13.7. The van der Waals surface area contributed by atoms with E-state index in [1.807, 2.05) is 25.1 Å². The smallest absolute Gasteiger partial charge is 0.218 e. The van der Waals surface area contributed by atoms with Gasteiger partial charge in [0.2, 0.25) is 5.90 Å². The molecule has 5 heteroatoms. The molecule has 1 aliphatic rings. The van der Waals surface area contributed by atoms with Gasteiger partial charge < -0.3 is 9.30 Å². The van der Waals surface area contributed by atoms with E-state index in [0.717, 1.165) is 35.4 Å². The first kappa shape index (κ1) is 15.2. The number of benzene rings is 2. The summed E-state index contributed by atoms with van der Waals surface area (Å²) in [7, 11) is 0. The van der Waals surface area contributed by atoms with Gasteiger partial charge in [0.05, 0.1) is 29.7 Å². The van der Waals surface area contributed by atoms with Crippen molar-refractivity contribution in [3.8, 4) is 0 Å². The van der Waals surface area contributed by atoms with Crippen LogP contribution in [0, 0.1) is 0 Å². The van der Waals surface area contributed by atoms with Gasteiger partial charge >= 0.3 is 0 Å². The van der Waals surface area contributed by atoms with Gasteiger partial charge in [-0.25, -0.2) is 9.98 Å². The summed E-state index contributed by atoms with van der Waals surface area (Å²) in [4.78, 5) is 9.45. The van der Waals surface area contributed by atoms with Gasteiger partial charge in [-0.2, -0.15) is 0 Å². The van der Waals surface area contributed by atoms with Crippen molar-refractivity contribution in [1.82, 2.24) is 9.55 Å². The van der Waals surface area contributed by atoms with Crippen molar-refractivity contribution in [1.29, 1.82) is 0 Å². The van der Waals surface area contributed by atoms with Gasteiger partial charge in [-0.1, -0.05) is 41.9 Å². The standard InChI is InChI=1S/C19H18ClN3O/c1-2-24-19-15-11-14(20)12-16-18(15)23(9-8-21-19)17(22-16)10-13-6-4-3-5-7-13/h3-7,11-12H,2,8-10H2,1H3. The van der Waals surface area contributed by atoms with E-state index >= 15 is 0 Å². The van der Waals surface area contributed by atoms with E-state index in [2.05, 4.69) is 33.8 Å². The molecule has 4 nitrogen and oxygen atoms in total. The van der Waals surface area contributed by atoms with E-state index in [0.29, 0.717) is 24.1 Å². The lowest BCUT2D eigenvalue weighted by Gasteiger charge is -2.09. The van der Waals surface area contributed by atoms with Crippen LogP contribution in [0.2, 0.25) is 5.02 Å². The third-order valence-electron chi connectivity index (χ3n) is 4.18. The van der Waals surface area contributed by atoms with Gasteiger partial charge in [-0.05, 0) is 24.6 Å². The quantitative estimate of drug-likeness (QED) is 0.721. The fourth-order valence-corrected chi connectivity index (χ4v) is 3.41. The molecule has 0 aliphatic carbocycles. The fourth-order valence-electron chi connectivity index (χ4n) is 3.20. The lowest BCUT2D eigenvalue weighted by molar-refractivity contribution is 0.327. The van der Waals surface area contributed by atoms with Gasteiger partial charge in [-0.3, -0.25) is 0 Å².